The number of nitrogens with zero attached hydrogens (tertiary/aromatic N) is 2. The Morgan fingerprint density at radius 2 is 2.13 bits per heavy atom. The van der Waals surface area contributed by atoms with Gasteiger partial charge >= 0.3 is 0 Å². The van der Waals surface area contributed by atoms with Crippen molar-refractivity contribution in [2.75, 3.05) is 18.6 Å². The zero-order valence-electron chi connectivity index (χ0n) is 12.9. The summed E-state index contributed by atoms with van der Waals surface area (Å²) in [7, 11) is -1.32. The fourth-order valence-electron chi connectivity index (χ4n) is 2.42. The minimum absolute atomic E-state index is 0.0345. The summed E-state index contributed by atoms with van der Waals surface area (Å²) in [6.45, 7) is 0.334. The van der Waals surface area contributed by atoms with Gasteiger partial charge in [-0.3, -0.25) is 4.79 Å². The van der Waals surface area contributed by atoms with Gasteiger partial charge in [0, 0.05) is 25.8 Å². The van der Waals surface area contributed by atoms with Gasteiger partial charge in [0.05, 0.1) is 11.5 Å². The highest BCUT2D eigenvalue weighted by Gasteiger charge is 2.30. The molecule has 23 heavy (non-hydrogen) atoms. The van der Waals surface area contributed by atoms with Gasteiger partial charge in [-0.25, -0.2) is 8.42 Å². The van der Waals surface area contributed by atoms with Gasteiger partial charge in [0.25, 0.3) is 5.91 Å². The third-order valence-corrected chi connectivity index (χ3v) is 5.53. The molecule has 1 amide bonds. The molecule has 122 valence electrons. The van der Waals surface area contributed by atoms with Crippen molar-refractivity contribution in [2.45, 2.75) is 19.0 Å². The first-order valence-electron chi connectivity index (χ1n) is 7.27. The Bertz CT molecular complexity index is 736. The molecule has 1 saturated heterocycles. The first-order valence-corrected chi connectivity index (χ1v) is 9.10. The Balaban J connectivity index is 1.98. The fraction of sp³-hybridized carbons (Fsp3) is 0.375. The predicted octanol–water partition coefficient (Wildman–Crippen LogP) is 0.829. The minimum atomic E-state index is -3.00. The fourth-order valence-corrected chi connectivity index (χ4v) is 4.20. The van der Waals surface area contributed by atoms with E-state index in [9.17, 15) is 13.2 Å². The van der Waals surface area contributed by atoms with Gasteiger partial charge in [-0.15, -0.1) is 0 Å². The second-order valence-corrected chi connectivity index (χ2v) is 7.77. The molecule has 6 nitrogen and oxygen atoms in total. The SMILES string of the molecule is CN(/C=C(/C#N)C(=O)NCc1ccccc1)C1CCS(=O)(=O)C1. The standard InChI is InChI=1S/C16H19N3O3S/c1-19(15-7-8-23(21,22)12-15)11-14(9-17)16(20)18-10-13-5-3-2-4-6-13/h2-6,11,15H,7-8,10,12H2,1H3,(H,18,20)/b14-11-. The predicted molar refractivity (Wildman–Crippen MR) is 86.8 cm³/mol. The number of carbonyl (C=O) groups excluding carboxylic acids is 1. The molecule has 2 rings (SSSR count). The first kappa shape index (κ1) is 17.0. The molecule has 1 heterocycles. The molecule has 0 aliphatic carbocycles. The Labute approximate surface area is 136 Å². The van der Waals surface area contributed by atoms with E-state index in [0.29, 0.717) is 13.0 Å². The maximum Gasteiger partial charge on any atom is 0.263 e. The zero-order chi connectivity index (χ0) is 16.9. The van der Waals surface area contributed by atoms with Gasteiger partial charge in [-0.2, -0.15) is 5.26 Å². The molecule has 0 radical (unpaired) electrons. The van der Waals surface area contributed by atoms with E-state index in [1.165, 1.54) is 6.20 Å². The molecule has 1 unspecified atom stereocenters. The van der Waals surface area contributed by atoms with Crippen LogP contribution in [-0.2, 0) is 21.2 Å². The quantitative estimate of drug-likeness (QED) is 0.637. The van der Waals surface area contributed by atoms with Crippen LogP contribution in [0, 0.1) is 11.3 Å². The lowest BCUT2D eigenvalue weighted by atomic mass is 10.2. The van der Waals surface area contributed by atoms with Gasteiger partial charge in [0.2, 0.25) is 0 Å². The molecule has 1 atom stereocenters. The molecule has 1 aromatic rings. The van der Waals surface area contributed by atoms with Crippen molar-refractivity contribution in [1.82, 2.24) is 10.2 Å². The molecule has 1 N–H and O–H groups in total. The van der Waals surface area contributed by atoms with Crippen LogP contribution in [0.5, 0.6) is 0 Å². The maximum atomic E-state index is 12.1. The molecular formula is C16H19N3O3S. The highest BCUT2D eigenvalue weighted by molar-refractivity contribution is 7.91. The normalized spacial score (nSPS) is 19.8. The van der Waals surface area contributed by atoms with E-state index in [4.69, 9.17) is 5.26 Å². The average molecular weight is 333 g/mol. The number of rotatable bonds is 5. The van der Waals surface area contributed by atoms with Gasteiger partial charge < -0.3 is 10.2 Å². The maximum absolute atomic E-state index is 12.1. The van der Waals surface area contributed by atoms with Crippen LogP contribution in [0.2, 0.25) is 0 Å². The van der Waals surface area contributed by atoms with Crippen molar-refractivity contribution < 1.29 is 13.2 Å². The number of carbonyl (C=O) groups is 1. The molecule has 1 aromatic carbocycles. The first-order chi connectivity index (χ1) is 10.9. The molecule has 0 spiro atoms. The molecule has 1 aliphatic rings. The van der Waals surface area contributed by atoms with E-state index in [1.807, 2.05) is 36.4 Å². The summed E-state index contributed by atoms with van der Waals surface area (Å²) in [5.74, 6) is -0.258. The topological polar surface area (TPSA) is 90.3 Å². The molecule has 1 aliphatic heterocycles. The molecule has 0 aromatic heterocycles. The molecule has 0 saturated carbocycles. The number of hydrogen-bond donors (Lipinski definition) is 1. The van der Waals surface area contributed by atoms with E-state index in [2.05, 4.69) is 5.32 Å². The monoisotopic (exact) mass is 333 g/mol. The van der Waals surface area contributed by atoms with Crippen molar-refractivity contribution in [3.8, 4) is 6.07 Å². The number of amides is 1. The van der Waals surface area contributed by atoms with Gasteiger partial charge in [-0.1, -0.05) is 30.3 Å². The van der Waals surface area contributed by atoms with Crippen LogP contribution < -0.4 is 5.32 Å². The van der Waals surface area contributed by atoms with Crippen molar-refractivity contribution in [2.24, 2.45) is 0 Å². The Hall–Kier alpha value is -2.33. The second-order valence-electron chi connectivity index (χ2n) is 5.55. The summed E-state index contributed by atoms with van der Waals surface area (Å²) in [6, 6.07) is 11.1. The lowest BCUT2D eigenvalue weighted by molar-refractivity contribution is -0.117. The average Bonchev–Trinajstić information content (AvgIpc) is 2.91. The lowest BCUT2D eigenvalue weighted by Gasteiger charge is -2.21. The summed E-state index contributed by atoms with van der Waals surface area (Å²) in [6.07, 6.45) is 1.94. The van der Waals surface area contributed by atoms with Crippen LogP contribution in [0.25, 0.3) is 0 Å². The largest absolute Gasteiger partial charge is 0.375 e. The van der Waals surface area contributed by atoms with Crippen LogP contribution in [0.1, 0.15) is 12.0 Å². The smallest absolute Gasteiger partial charge is 0.263 e. The van der Waals surface area contributed by atoms with Crippen molar-refractivity contribution in [1.29, 1.82) is 5.26 Å². The van der Waals surface area contributed by atoms with E-state index >= 15 is 0 Å². The summed E-state index contributed by atoms with van der Waals surface area (Å²) >= 11 is 0. The lowest BCUT2D eigenvalue weighted by Crippen LogP contribution is -2.31. The van der Waals surface area contributed by atoms with Crippen molar-refractivity contribution in [3.05, 3.63) is 47.7 Å². The minimum Gasteiger partial charge on any atom is -0.375 e. The van der Waals surface area contributed by atoms with Crippen LogP contribution in [0.15, 0.2) is 42.1 Å². The summed E-state index contributed by atoms with van der Waals surface area (Å²) in [5.41, 5.74) is 0.904. The molecule has 0 bridgehead atoms. The van der Waals surface area contributed by atoms with Crippen LogP contribution in [-0.4, -0.2) is 43.8 Å². The summed E-state index contributed by atoms with van der Waals surface area (Å²) < 4.78 is 23.0. The van der Waals surface area contributed by atoms with E-state index in [-0.39, 0.29) is 23.1 Å². The van der Waals surface area contributed by atoms with E-state index in [1.54, 1.807) is 11.9 Å². The van der Waals surface area contributed by atoms with Crippen LogP contribution in [0.3, 0.4) is 0 Å². The number of sulfone groups is 1. The van der Waals surface area contributed by atoms with Crippen molar-refractivity contribution >= 4 is 15.7 Å². The van der Waals surface area contributed by atoms with Crippen LogP contribution >= 0.6 is 0 Å². The molecule has 1 fully saturated rings. The van der Waals surface area contributed by atoms with Crippen LogP contribution in [0.4, 0.5) is 0 Å². The number of nitriles is 1. The van der Waals surface area contributed by atoms with E-state index < -0.39 is 15.7 Å². The Morgan fingerprint density at radius 3 is 2.70 bits per heavy atom. The third kappa shape index (κ3) is 4.83. The number of hydrogen-bond acceptors (Lipinski definition) is 5. The zero-order valence-corrected chi connectivity index (χ0v) is 13.7. The Morgan fingerprint density at radius 1 is 1.43 bits per heavy atom. The van der Waals surface area contributed by atoms with Gasteiger partial charge in [0.15, 0.2) is 9.84 Å². The van der Waals surface area contributed by atoms with Crippen molar-refractivity contribution in [3.63, 3.8) is 0 Å². The van der Waals surface area contributed by atoms with Gasteiger partial charge in [0.1, 0.15) is 11.6 Å². The Kier molecular flexibility index (Phi) is 5.40. The molecular weight excluding hydrogens is 314 g/mol. The highest BCUT2D eigenvalue weighted by Crippen LogP contribution is 2.17. The third-order valence-electron chi connectivity index (χ3n) is 3.78. The highest BCUT2D eigenvalue weighted by atomic mass is 32.2. The summed E-state index contributed by atoms with van der Waals surface area (Å²) in [4.78, 5) is 13.7. The number of nitrogens with one attached hydrogen (secondary N) is 1. The summed E-state index contributed by atoms with van der Waals surface area (Å²) in [5, 5.41) is 11.9. The second kappa shape index (κ2) is 7.29. The molecule has 7 heteroatoms. The van der Waals surface area contributed by atoms with E-state index in [0.717, 1.165) is 5.56 Å². The van der Waals surface area contributed by atoms with Gasteiger partial charge in [-0.05, 0) is 12.0 Å². The number of benzene rings is 1.